The van der Waals surface area contributed by atoms with E-state index in [0.29, 0.717) is 12.1 Å². The SMILES string of the molecule is COC(=O)c1ccccc1-c1cc(C)cc2c1OC(CNC(C)=O)C2. The highest BCUT2D eigenvalue weighted by Crippen LogP contribution is 2.41. The number of fused-ring (bicyclic) bond motifs is 1. The van der Waals surface area contributed by atoms with Gasteiger partial charge in [-0.1, -0.05) is 24.3 Å². The molecule has 1 unspecified atom stereocenters. The lowest BCUT2D eigenvalue weighted by Gasteiger charge is -2.15. The molecule has 1 N–H and O–H groups in total. The number of carbonyl (C=O) groups excluding carboxylic acids is 2. The summed E-state index contributed by atoms with van der Waals surface area (Å²) in [5.41, 5.74) is 4.35. The first kappa shape index (κ1) is 17.0. The molecule has 5 nitrogen and oxygen atoms in total. The highest BCUT2D eigenvalue weighted by molar-refractivity contribution is 5.98. The van der Waals surface area contributed by atoms with Crippen molar-refractivity contribution < 1.29 is 19.1 Å². The Morgan fingerprint density at radius 1 is 1.24 bits per heavy atom. The summed E-state index contributed by atoms with van der Waals surface area (Å²) in [4.78, 5) is 23.3. The van der Waals surface area contributed by atoms with Crippen molar-refractivity contribution in [2.24, 2.45) is 0 Å². The van der Waals surface area contributed by atoms with Crippen LogP contribution in [-0.4, -0.2) is 31.6 Å². The largest absolute Gasteiger partial charge is 0.487 e. The van der Waals surface area contributed by atoms with Gasteiger partial charge >= 0.3 is 5.97 Å². The van der Waals surface area contributed by atoms with Gasteiger partial charge < -0.3 is 14.8 Å². The van der Waals surface area contributed by atoms with Gasteiger partial charge in [0.2, 0.25) is 5.91 Å². The van der Waals surface area contributed by atoms with Crippen LogP contribution < -0.4 is 10.1 Å². The van der Waals surface area contributed by atoms with Crippen LogP contribution in [0.5, 0.6) is 5.75 Å². The average Bonchev–Trinajstić information content (AvgIpc) is 3.01. The van der Waals surface area contributed by atoms with Gasteiger partial charge in [-0.15, -0.1) is 0 Å². The maximum absolute atomic E-state index is 12.1. The molecule has 0 aliphatic carbocycles. The van der Waals surface area contributed by atoms with E-state index in [9.17, 15) is 9.59 Å². The molecular formula is C20H21NO4. The monoisotopic (exact) mass is 339 g/mol. The highest BCUT2D eigenvalue weighted by Gasteiger charge is 2.28. The molecule has 1 atom stereocenters. The fourth-order valence-electron chi connectivity index (χ4n) is 3.17. The van der Waals surface area contributed by atoms with Gasteiger partial charge in [-0.25, -0.2) is 4.79 Å². The summed E-state index contributed by atoms with van der Waals surface area (Å²) >= 11 is 0. The summed E-state index contributed by atoms with van der Waals surface area (Å²) in [7, 11) is 1.37. The van der Waals surface area contributed by atoms with E-state index in [-0.39, 0.29) is 18.0 Å². The number of benzene rings is 2. The zero-order chi connectivity index (χ0) is 18.0. The number of esters is 1. The summed E-state index contributed by atoms with van der Waals surface area (Å²) in [6.07, 6.45) is 0.620. The number of ether oxygens (including phenoxy) is 2. The molecule has 1 aliphatic heterocycles. The van der Waals surface area contributed by atoms with Gasteiger partial charge in [-0.3, -0.25) is 4.79 Å². The Labute approximate surface area is 147 Å². The Hall–Kier alpha value is -2.82. The van der Waals surface area contributed by atoms with Crippen LogP contribution in [0.3, 0.4) is 0 Å². The second-order valence-electron chi connectivity index (χ2n) is 6.22. The minimum absolute atomic E-state index is 0.0769. The third-order valence-corrected chi connectivity index (χ3v) is 4.24. The van der Waals surface area contributed by atoms with Crippen molar-refractivity contribution in [2.45, 2.75) is 26.4 Å². The van der Waals surface area contributed by atoms with Crippen LogP contribution in [0.1, 0.15) is 28.4 Å². The van der Waals surface area contributed by atoms with Crippen LogP contribution in [0.4, 0.5) is 0 Å². The summed E-state index contributed by atoms with van der Waals surface area (Å²) in [6, 6.07) is 11.5. The summed E-state index contributed by atoms with van der Waals surface area (Å²) in [5.74, 6) is 0.322. The fourth-order valence-corrected chi connectivity index (χ4v) is 3.17. The molecule has 2 aromatic rings. The van der Waals surface area contributed by atoms with Crippen LogP contribution in [0, 0.1) is 6.92 Å². The second kappa shape index (κ2) is 6.97. The Balaban J connectivity index is 2.01. The van der Waals surface area contributed by atoms with Crippen LogP contribution in [0.25, 0.3) is 11.1 Å². The van der Waals surface area contributed by atoms with Crippen LogP contribution in [-0.2, 0) is 16.0 Å². The minimum Gasteiger partial charge on any atom is -0.487 e. The predicted molar refractivity (Wildman–Crippen MR) is 94.8 cm³/mol. The van der Waals surface area contributed by atoms with E-state index in [1.807, 2.05) is 31.2 Å². The minimum atomic E-state index is -0.376. The van der Waals surface area contributed by atoms with Gasteiger partial charge in [0.05, 0.1) is 19.2 Å². The second-order valence-corrected chi connectivity index (χ2v) is 6.22. The van der Waals surface area contributed by atoms with Crippen molar-refractivity contribution in [3.8, 4) is 16.9 Å². The van der Waals surface area contributed by atoms with E-state index < -0.39 is 0 Å². The molecule has 0 saturated heterocycles. The summed E-state index contributed by atoms with van der Waals surface area (Å²) < 4.78 is 11.0. The smallest absolute Gasteiger partial charge is 0.338 e. The number of methoxy groups -OCH3 is 1. The Kier molecular flexibility index (Phi) is 4.74. The molecule has 1 heterocycles. The van der Waals surface area contributed by atoms with Crippen molar-refractivity contribution in [3.05, 3.63) is 53.1 Å². The Morgan fingerprint density at radius 3 is 2.72 bits per heavy atom. The molecule has 0 aromatic heterocycles. The molecule has 0 saturated carbocycles. The van der Waals surface area contributed by atoms with E-state index >= 15 is 0 Å². The third kappa shape index (κ3) is 3.50. The van der Waals surface area contributed by atoms with Crippen molar-refractivity contribution in [2.75, 3.05) is 13.7 Å². The maximum atomic E-state index is 12.1. The molecule has 2 aromatic carbocycles. The van der Waals surface area contributed by atoms with Gasteiger partial charge in [-0.05, 0) is 35.7 Å². The molecule has 3 rings (SSSR count). The van der Waals surface area contributed by atoms with Crippen LogP contribution in [0.15, 0.2) is 36.4 Å². The number of aryl methyl sites for hydroxylation is 1. The topological polar surface area (TPSA) is 64.6 Å². The van der Waals surface area contributed by atoms with Gasteiger partial charge in [0.25, 0.3) is 0 Å². The summed E-state index contributed by atoms with van der Waals surface area (Å²) in [5, 5.41) is 2.80. The first-order valence-corrected chi connectivity index (χ1v) is 8.22. The third-order valence-electron chi connectivity index (χ3n) is 4.24. The molecular weight excluding hydrogens is 318 g/mol. The number of amides is 1. The molecule has 130 valence electrons. The highest BCUT2D eigenvalue weighted by atomic mass is 16.5. The van der Waals surface area contributed by atoms with Gasteiger partial charge in [-0.2, -0.15) is 0 Å². The lowest BCUT2D eigenvalue weighted by atomic mass is 9.94. The normalized spacial score (nSPS) is 15.2. The number of nitrogens with one attached hydrogen (secondary N) is 1. The number of rotatable bonds is 4. The van der Waals surface area contributed by atoms with Crippen LogP contribution >= 0.6 is 0 Å². The van der Waals surface area contributed by atoms with Crippen LogP contribution in [0.2, 0.25) is 0 Å². The lowest BCUT2D eigenvalue weighted by molar-refractivity contribution is -0.119. The van der Waals surface area contributed by atoms with Crippen molar-refractivity contribution in [1.29, 1.82) is 0 Å². The standard InChI is InChI=1S/C20H21NO4/c1-12-8-14-10-15(11-21-13(2)22)25-19(14)18(9-12)16-6-4-5-7-17(16)20(23)24-3/h4-9,15H,10-11H2,1-3H3,(H,21,22). The first-order valence-electron chi connectivity index (χ1n) is 8.22. The van der Waals surface area contributed by atoms with E-state index in [0.717, 1.165) is 34.4 Å². The van der Waals surface area contributed by atoms with Gasteiger partial charge in [0.15, 0.2) is 0 Å². The van der Waals surface area contributed by atoms with Gasteiger partial charge in [0.1, 0.15) is 11.9 Å². The van der Waals surface area contributed by atoms with Crippen molar-refractivity contribution in [1.82, 2.24) is 5.32 Å². The zero-order valence-electron chi connectivity index (χ0n) is 14.6. The van der Waals surface area contributed by atoms with Crippen molar-refractivity contribution >= 4 is 11.9 Å². The number of hydrogen-bond acceptors (Lipinski definition) is 4. The van der Waals surface area contributed by atoms with Crippen molar-refractivity contribution in [3.63, 3.8) is 0 Å². The zero-order valence-corrected chi connectivity index (χ0v) is 14.6. The molecule has 0 bridgehead atoms. The molecule has 0 spiro atoms. The van der Waals surface area contributed by atoms with E-state index in [4.69, 9.17) is 9.47 Å². The Bertz CT molecular complexity index is 828. The van der Waals surface area contributed by atoms with E-state index in [2.05, 4.69) is 11.4 Å². The molecule has 25 heavy (non-hydrogen) atoms. The fraction of sp³-hybridized carbons (Fsp3) is 0.300. The van der Waals surface area contributed by atoms with Gasteiger partial charge in [0, 0.05) is 18.9 Å². The average molecular weight is 339 g/mol. The lowest BCUT2D eigenvalue weighted by Crippen LogP contribution is -2.32. The first-order chi connectivity index (χ1) is 12.0. The molecule has 1 aliphatic rings. The predicted octanol–water partition coefficient (Wildman–Crippen LogP) is 2.89. The molecule has 0 radical (unpaired) electrons. The van der Waals surface area contributed by atoms with E-state index in [1.165, 1.54) is 14.0 Å². The number of hydrogen-bond donors (Lipinski definition) is 1. The molecule has 5 heteroatoms. The van der Waals surface area contributed by atoms with E-state index in [1.54, 1.807) is 6.07 Å². The summed E-state index contributed by atoms with van der Waals surface area (Å²) in [6.45, 7) is 3.97. The molecule has 1 amide bonds. The molecule has 0 fully saturated rings. The Morgan fingerprint density at radius 2 is 2.00 bits per heavy atom. The number of carbonyl (C=O) groups is 2. The quantitative estimate of drug-likeness (QED) is 0.870. The maximum Gasteiger partial charge on any atom is 0.338 e.